The summed E-state index contributed by atoms with van der Waals surface area (Å²) in [6.07, 6.45) is 1.50. The number of rotatable bonds is 9. The van der Waals surface area contributed by atoms with Crippen molar-refractivity contribution in [1.29, 1.82) is 0 Å². The van der Waals surface area contributed by atoms with Gasteiger partial charge in [0.15, 0.2) is 0 Å². The summed E-state index contributed by atoms with van der Waals surface area (Å²) in [5.74, 6) is 0.221. The maximum Gasteiger partial charge on any atom is 0.296 e. The number of nitrogens with zero attached hydrogens (tertiary/aromatic N) is 1. The van der Waals surface area contributed by atoms with Crippen LogP contribution in [0.25, 0.3) is 5.76 Å². The van der Waals surface area contributed by atoms with E-state index >= 15 is 0 Å². The number of carbonyl (C=O) groups is 2. The highest BCUT2D eigenvalue weighted by Crippen LogP contribution is 2.42. The number of carbonyl (C=O) groups excluding carboxylic acids is 2. The van der Waals surface area contributed by atoms with Gasteiger partial charge in [-0.25, -0.2) is 0 Å². The summed E-state index contributed by atoms with van der Waals surface area (Å²) in [5, 5.41) is 11.4. The zero-order chi connectivity index (χ0) is 24.9. The zero-order valence-electron chi connectivity index (χ0n) is 19.8. The van der Waals surface area contributed by atoms with Gasteiger partial charge in [-0.2, -0.15) is 0 Å². The zero-order valence-corrected chi connectivity index (χ0v) is 19.8. The number of ketones is 1. The third-order valence-electron chi connectivity index (χ3n) is 5.70. The number of amides is 1. The van der Waals surface area contributed by atoms with Crippen LogP contribution in [0.3, 0.4) is 0 Å². The van der Waals surface area contributed by atoms with Crippen LogP contribution in [0.4, 0.5) is 0 Å². The molecular formula is C27H27NO7. The molecule has 35 heavy (non-hydrogen) atoms. The first-order chi connectivity index (χ1) is 17.0. The van der Waals surface area contributed by atoms with E-state index in [2.05, 4.69) is 0 Å². The van der Waals surface area contributed by atoms with Gasteiger partial charge in [0.2, 0.25) is 0 Å². The van der Waals surface area contributed by atoms with E-state index in [1.54, 1.807) is 61.7 Å². The van der Waals surface area contributed by atoms with Gasteiger partial charge in [-0.15, -0.1) is 0 Å². The van der Waals surface area contributed by atoms with Crippen LogP contribution in [0.2, 0.25) is 0 Å². The second kappa shape index (κ2) is 10.4. The molecule has 0 saturated carbocycles. The van der Waals surface area contributed by atoms with Crippen molar-refractivity contribution in [2.75, 3.05) is 20.3 Å². The fraction of sp³-hybridized carbons (Fsp3) is 0.259. The lowest BCUT2D eigenvalue weighted by atomic mass is 9.95. The highest BCUT2D eigenvalue weighted by molar-refractivity contribution is 6.46. The normalized spacial score (nSPS) is 17.0. The molecule has 0 radical (unpaired) electrons. The van der Waals surface area contributed by atoms with Gasteiger partial charge in [0.25, 0.3) is 11.7 Å². The maximum atomic E-state index is 13.3. The number of methoxy groups -OCH3 is 1. The monoisotopic (exact) mass is 477 g/mol. The Morgan fingerprint density at radius 3 is 2.34 bits per heavy atom. The van der Waals surface area contributed by atoms with Gasteiger partial charge >= 0.3 is 0 Å². The standard InChI is InChI=1S/C27H27NO7/c1-4-33-19-12-13-21(22(15-19)34-5-2)25(29)23-24(17-8-10-18(32-3)11-9-17)28(27(31)26(23)30)16-20-7-6-14-35-20/h6-15,24,29H,4-5,16H2,1-3H3/b25-23-. The van der Waals surface area contributed by atoms with Crippen LogP contribution in [0.5, 0.6) is 17.2 Å². The van der Waals surface area contributed by atoms with Gasteiger partial charge in [0, 0.05) is 6.07 Å². The molecule has 2 heterocycles. The summed E-state index contributed by atoms with van der Waals surface area (Å²) in [6, 6.07) is 14.6. The first-order valence-corrected chi connectivity index (χ1v) is 11.3. The van der Waals surface area contributed by atoms with Crippen LogP contribution in [-0.2, 0) is 16.1 Å². The Labute approximate surface area is 203 Å². The Morgan fingerprint density at radius 2 is 1.71 bits per heavy atom. The molecular weight excluding hydrogens is 450 g/mol. The fourth-order valence-electron chi connectivity index (χ4n) is 4.12. The van der Waals surface area contributed by atoms with Crippen molar-refractivity contribution in [3.63, 3.8) is 0 Å². The van der Waals surface area contributed by atoms with Gasteiger partial charge in [-0.1, -0.05) is 12.1 Å². The largest absolute Gasteiger partial charge is 0.507 e. The molecule has 0 aliphatic carbocycles. The van der Waals surface area contributed by atoms with Crippen molar-refractivity contribution in [2.24, 2.45) is 0 Å². The minimum Gasteiger partial charge on any atom is -0.507 e. The molecule has 8 nitrogen and oxygen atoms in total. The molecule has 1 aromatic heterocycles. The van der Waals surface area contributed by atoms with Gasteiger partial charge in [-0.05, 0) is 55.8 Å². The van der Waals surface area contributed by atoms with E-state index in [0.29, 0.717) is 47.3 Å². The van der Waals surface area contributed by atoms with Crippen molar-refractivity contribution in [2.45, 2.75) is 26.4 Å². The average Bonchev–Trinajstić information content (AvgIpc) is 3.47. The van der Waals surface area contributed by atoms with Crippen LogP contribution in [0.15, 0.2) is 70.9 Å². The predicted molar refractivity (Wildman–Crippen MR) is 128 cm³/mol. The van der Waals surface area contributed by atoms with Crippen LogP contribution < -0.4 is 14.2 Å². The third-order valence-corrected chi connectivity index (χ3v) is 5.70. The molecule has 4 rings (SSSR count). The quantitative estimate of drug-likeness (QED) is 0.271. The molecule has 0 spiro atoms. The Hall–Kier alpha value is -4.20. The predicted octanol–water partition coefficient (Wildman–Crippen LogP) is 4.71. The molecule has 8 heteroatoms. The van der Waals surface area contributed by atoms with Crippen LogP contribution in [0.1, 0.15) is 36.8 Å². The molecule has 1 N–H and O–H groups in total. The van der Waals surface area contributed by atoms with Crippen molar-refractivity contribution in [3.8, 4) is 17.2 Å². The molecule has 1 atom stereocenters. The summed E-state index contributed by atoms with van der Waals surface area (Å²) in [7, 11) is 1.55. The highest BCUT2D eigenvalue weighted by Gasteiger charge is 2.46. The summed E-state index contributed by atoms with van der Waals surface area (Å²) in [4.78, 5) is 27.8. The summed E-state index contributed by atoms with van der Waals surface area (Å²) in [6.45, 7) is 4.55. The number of likely N-dealkylation sites (tertiary alicyclic amines) is 1. The number of hydrogen-bond donors (Lipinski definition) is 1. The van der Waals surface area contributed by atoms with E-state index in [-0.39, 0.29) is 17.9 Å². The lowest BCUT2D eigenvalue weighted by Gasteiger charge is -2.25. The number of ether oxygens (including phenoxy) is 3. The second-order valence-corrected chi connectivity index (χ2v) is 7.80. The smallest absolute Gasteiger partial charge is 0.296 e. The Kier molecular flexibility index (Phi) is 7.10. The number of aliphatic hydroxyl groups is 1. The molecule has 1 aliphatic rings. The maximum absolute atomic E-state index is 13.3. The number of furan rings is 1. The van der Waals surface area contributed by atoms with E-state index in [1.165, 1.54) is 11.2 Å². The lowest BCUT2D eigenvalue weighted by molar-refractivity contribution is -0.140. The summed E-state index contributed by atoms with van der Waals surface area (Å²) in [5.41, 5.74) is 0.906. The molecule has 0 bridgehead atoms. The Balaban J connectivity index is 1.87. The molecule has 1 saturated heterocycles. The third kappa shape index (κ3) is 4.73. The van der Waals surface area contributed by atoms with E-state index in [0.717, 1.165) is 0 Å². The molecule has 1 amide bonds. The molecule has 1 unspecified atom stereocenters. The van der Waals surface area contributed by atoms with Crippen molar-refractivity contribution >= 4 is 17.4 Å². The van der Waals surface area contributed by atoms with Crippen LogP contribution in [0, 0.1) is 0 Å². The Bertz CT molecular complexity index is 1230. The first-order valence-electron chi connectivity index (χ1n) is 11.3. The number of Topliss-reactive ketones (excluding diaryl/α,β-unsaturated/α-hetero) is 1. The number of hydrogen-bond acceptors (Lipinski definition) is 7. The van der Waals surface area contributed by atoms with E-state index in [1.807, 2.05) is 13.8 Å². The van der Waals surface area contributed by atoms with Crippen molar-refractivity contribution in [3.05, 3.63) is 83.3 Å². The van der Waals surface area contributed by atoms with E-state index in [4.69, 9.17) is 18.6 Å². The SMILES string of the molecule is CCOc1ccc(/C(O)=C2/C(=O)C(=O)N(Cc3ccco3)C2c2ccc(OC)cc2)c(OCC)c1. The van der Waals surface area contributed by atoms with Gasteiger partial charge < -0.3 is 28.6 Å². The summed E-state index contributed by atoms with van der Waals surface area (Å²) >= 11 is 0. The van der Waals surface area contributed by atoms with E-state index in [9.17, 15) is 14.7 Å². The van der Waals surface area contributed by atoms with E-state index < -0.39 is 17.7 Å². The highest BCUT2D eigenvalue weighted by atomic mass is 16.5. The lowest BCUT2D eigenvalue weighted by Crippen LogP contribution is -2.29. The number of benzene rings is 2. The van der Waals surface area contributed by atoms with Crippen molar-refractivity contribution in [1.82, 2.24) is 4.90 Å². The van der Waals surface area contributed by atoms with Crippen molar-refractivity contribution < 1.29 is 33.3 Å². The molecule has 182 valence electrons. The summed E-state index contributed by atoms with van der Waals surface area (Å²) < 4.78 is 22.0. The molecule has 2 aromatic carbocycles. The number of aliphatic hydroxyl groups excluding tert-OH is 1. The minimum atomic E-state index is -0.841. The van der Waals surface area contributed by atoms with Gasteiger partial charge in [0.1, 0.15) is 28.8 Å². The van der Waals surface area contributed by atoms with Gasteiger partial charge in [-0.3, -0.25) is 9.59 Å². The second-order valence-electron chi connectivity index (χ2n) is 7.80. The molecule has 1 fully saturated rings. The van der Waals surface area contributed by atoms with Gasteiger partial charge in [0.05, 0.1) is 50.3 Å². The van der Waals surface area contributed by atoms with Crippen LogP contribution >= 0.6 is 0 Å². The first kappa shape index (κ1) is 23.9. The fourth-order valence-corrected chi connectivity index (χ4v) is 4.12. The topological polar surface area (TPSA) is 98.4 Å². The molecule has 1 aliphatic heterocycles. The molecule has 3 aromatic rings. The minimum absolute atomic E-state index is 0.0307. The van der Waals surface area contributed by atoms with Crippen LogP contribution in [-0.4, -0.2) is 42.0 Å². The average molecular weight is 478 g/mol. The Morgan fingerprint density at radius 1 is 1.00 bits per heavy atom.